The summed E-state index contributed by atoms with van der Waals surface area (Å²) in [7, 11) is 0. The van der Waals surface area contributed by atoms with Gasteiger partial charge in [0, 0.05) is 18.1 Å². The fourth-order valence-electron chi connectivity index (χ4n) is 3.69. The zero-order valence-corrected chi connectivity index (χ0v) is 17.0. The monoisotopic (exact) mass is 403 g/mol. The first-order valence-electron chi connectivity index (χ1n) is 9.78. The normalized spacial score (nSPS) is 15.0. The van der Waals surface area contributed by atoms with Gasteiger partial charge in [0.15, 0.2) is 0 Å². The van der Waals surface area contributed by atoms with E-state index >= 15 is 0 Å². The molecule has 30 heavy (non-hydrogen) atoms. The molecule has 0 N–H and O–H groups in total. The molecular weight excluding hydrogens is 382 g/mol. The summed E-state index contributed by atoms with van der Waals surface area (Å²) in [5, 5.41) is 4.15. The number of hydrogen-bond acceptors (Lipinski definition) is 6. The number of ether oxygens (including phenoxy) is 2. The van der Waals surface area contributed by atoms with E-state index in [1.807, 2.05) is 32.0 Å². The summed E-state index contributed by atoms with van der Waals surface area (Å²) >= 11 is 0. The highest BCUT2D eigenvalue weighted by molar-refractivity contribution is 5.71. The van der Waals surface area contributed by atoms with Gasteiger partial charge >= 0.3 is 5.97 Å². The minimum atomic E-state index is -0.291. The molecule has 0 unspecified atom stereocenters. The molecule has 1 atom stereocenters. The van der Waals surface area contributed by atoms with Crippen LogP contribution < -0.4 is 4.74 Å². The molecule has 7 nitrogen and oxygen atoms in total. The molecule has 0 fully saturated rings. The zero-order valence-electron chi connectivity index (χ0n) is 17.0. The van der Waals surface area contributed by atoms with E-state index in [9.17, 15) is 4.79 Å². The third kappa shape index (κ3) is 3.77. The maximum atomic E-state index is 11.4. The van der Waals surface area contributed by atoms with Crippen molar-refractivity contribution in [3.05, 3.63) is 58.9 Å². The van der Waals surface area contributed by atoms with Crippen molar-refractivity contribution >= 4 is 11.7 Å². The largest absolute Gasteiger partial charge is 0.502 e. The van der Waals surface area contributed by atoms with Crippen LogP contribution in [0, 0.1) is 6.57 Å². The number of rotatable bonds is 5. The first kappa shape index (κ1) is 19.6. The standard InChI is InChI=1S/C23H21N3O4/c1-13(2)28-21-10-8-15(12-19(21)24-4)23-25-22(26-30-23)18-7-5-6-17-16(18)9-11-20(17)29-14(3)27/h5-8,10,12-13,20H,9,11H2,1-3H3/t20-/m1/s1. The molecule has 2 aromatic carbocycles. The highest BCUT2D eigenvalue weighted by Gasteiger charge is 2.28. The number of benzene rings is 2. The third-order valence-corrected chi connectivity index (χ3v) is 4.88. The Hall–Kier alpha value is -3.66. The van der Waals surface area contributed by atoms with Crippen LogP contribution in [0.15, 0.2) is 40.9 Å². The van der Waals surface area contributed by atoms with Crippen molar-refractivity contribution in [3.63, 3.8) is 0 Å². The van der Waals surface area contributed by atoms with Gasteiger partial charge in [-0.25, -0.2) is 4.85 Å². The molecule has 1 aliphatic carbocycles. The van der Waals surface area contributed by atoms with Crippen molar-refractivity contribution < 1.29 is 18.8 Å². The lowest BCUT2D eigenvalue weighted by Gasteiger charge is -2.12. The molecule has 152 valence electrons. The van der Waals surface area contributed by atoms with E-state index in [1.165, 1.54) is 6.92 Å². The molecule has 0 saturated carbocycles. The molecule has 0 spiro atoms. The minimum Gasteiger partial charge on any atom is -0.502 e. The number of fused-ring (bicyclic) bond motifs is 1. The smallest absolute Gasteiger partial charge is 0.303 e. The van der Waals surface area contributed by atoms with Gasteiger partial charge in [0.05, 0.1) is 12.7 Å². The summed E-state index contributed by atoms with van der Waals surface area (Å²) in [4.78, 5) is 19.5. The number of aromatic nitrogens is 2. The van der Waals surface area contributed by atoms with Crippen LogP contribution in [0.2, 0.25) is 0 Å². The van der Waals surface area contributed by atoms with Crippen molar-refractivity contribution in [1.29, 1.82) is 0 Å². The Morgan fingerprint density at radius 2 is 2.13 bits per heavy atom. The van der Waals surface area contributed by atoms with Crippen molar-refractivity contribution in [2.75, 3.05) is 0 Å². The van der Waals surface area contributed by atoms with E-state index in [2.05, 4.69) is 15.0 Å². The molecule has 0 aliphatic heterocycles. The summed E-state index contributed by atoms with van der Waals surface area (Å²) in [5.41, 5.74) is 3.97. The van der Waals surface area contributed by atoms with Gasteiger partial charge in [-0.1, -0.05) is 23.4 Å². The molecule has 0 radical (unpaired) electrons. The van der Waals surface area contributed by atoms with Crippen LogP contribution in [0.3, 0.4) is 0 Å². The molecule has 0 saturated heterocycles. The molecule has 3 aromatic rings. The summed E-state index contributed by atoms with van der Waals surface area (Å²) in [6.07, 6.45) is 1.25. The van der Waals surface area contributed by atoms with E-state index in [1.54, 1.807) is 18.2 Å². The second-order valence-corrected chi connectivity index (χ2v) is 7.39. The maximum Gasteiger partial charge on any atom is 0.303 e. The van der Waals surface area contributed by atoms with Crippen LogP contribution in [-0.4, -0.2) is 22.2 Å². The summed E-state index contributed by atoms with van der Waals surface area (Å²) in [6, 6.07) is 11.0. The average Bonchev–Trinajstić information content (AvgIpc) is 3.35. The molecule has 7 heteroatoms. The third-order valence-electron chi connectivity index (χ3n) is 4.88. The lowest BCUT2D eigenvalue weighted by atomic mass is 10.0. The van der Waals surface area contributed by atoms with Crippen LogP contribution in [0.5, 0.6) is 5.75 Å². The quantitative estimate of drug-likeness (QED) is 0.425. The summed E-state index contributed by atoms with van der Waals surface area (Å²) in [5.74, 6) is 1.04. The van der Waals surface area contributed by atoms with Crippen molar-refractivity contribution in [2.45, 2.75) is 45.8 Å². The highest BCUT2D eigenvalue weighted by atomic mass is 16.5. The van der Waals surface area contributed by atoms with Gasteiger partial charge < -0.3 is 14.0 Å². The van der Waals surface area contributed by atoms with Crippen LogP contribution in [0.1, 0.15) is 44.4 Å². The van der Waals surface area contributed by atoms with Crippen molar-refractivity contribution in [1.82, 2.24) is 10.1 Å². The van der Waals surface area contributed by atoms with Gasteiger partial charge in [0.2, 0.25) is 11.5 Å². The predicted molar refractivity (Wildman–Crippen MR) is 110 cm³/mol. The van der Waals surface area contributed by atoms with Crippen LogP contribution >= 0.6 is 0 Å². The Kier molecular flexibility index (Phi) is 5.23. The Morgan fingerprint density at radius 1 is 1.30 bits per heavy atom. The fourth-order valence-corrected chi connectivity index (χ4v) is 3.69. The topological polar surface area (TPSA) is 78.8 Å². The Labute approximate surface area is 174 Å². The van der Waals surface area contributed by atoms with Gasteiger partial charge in [-0.3, -0.25) is 4.79 Å². The van der Waals surface area contributed by atoms with Crippen LogP contribution in [0.25, 0.3) is 27.7 Å². The molecule has 4 rings (SSSR count). The Bertz CT molecular complexity index is 1140. The number of carbonyl (C=O) groups is 1. The van der Waals surface area contributed by atoms with E-state index in [0.717, 1.165) is 29.5 Å². The molecule has 0 bridgehead atoms. The van der Waals surface area contributed by atoms with Gasteiger partial charge in [-0.2, -0.15) is 4.98 Å². The van der Waals surface area contributed by atoms with Gasteiger partial charge in [0.1, 0.15) is 11.9 Å². The second kappa shape index (κ2) is 7.99. The first-order chi connectivity index (χ1) is 14.5. The van der Waals surface area contributed by atoms with Gasteiger partial charge in [-0.05, 0) is 56.0 Å². The van der Waals surface area contributed by atoms with E-state index in [4.69, 9.17) is 20.6 Å². The molecule has 0 amide bonds. The lowest BCUT2D eigenvalue weighted by molar-refractivity contribution is -0.146. The highest BCUT2D eigenvalue weighted by Crippen LogP contribution is 2.39. The van der Waals surface area contributed by atoms with Crippen LogP contribution in [0.4, 0.5) is 5.69 Å². The Morgan fingerprint density at radius 3 is 2.87 bits per heavy atom. The average molecular weight is 403 g/mol. The minimum absolute atomic E-state index is 0.0256. The Balaban J connectivity index is 1.66. The molecule has 1 heterocycles. The van der Waals surface area contributed by atoms with E-state index in [0.29, 0.717) is 28.7 Å². The number of esters is 1. The fraction of sp³-hybridized carbons (Fsp3) is 0.304. The molecular formula is C23H21N3O4. The summed E-state index contributed by atoms with van der Waals surface area (Å²) < 4.78 is 16.6. The molecule has 1 aliphatic rings. The second-order valence-electron chi connectivity index (χ2n) is 7.39. The van der Waals surface area contributed by atoms with E-state index < -0.39 is 0 Å². The maximum absolute atomic E-state index is 11.4. The SMILES string of the molecule is [C-]#[N+]c1cc(-c2nc(-c3cccc4c3CC[C@H]4OC(C)=O)no2)ccc1OC(C)C. The number of nitrogens with zero attached hydrogens (tertiary/aromatic N) is 3. The lowest BCUT2D eigenvalue weighted by Crippen LogP contribution is -2.05. The van der Waals surface area contributed by atoms with Gasteiger partial charge in [-0.15, -0.1) is 0 Å². The number of hydrogen-bond donors (Lipinski definition) is 0. The predicted octanol–water partition coefficient (Wildman–Crippen LogP) is 5.29. The van der Waals surface area contributed by atoms with Crippen LogP contribution in [-0.2, 0) is 16.0 Å². The van der Waals surface area contributed by atoms with E-state index in [-0.39, 0.29) is 18.2 Å². The first-order valence-corrected chi connectivity index (χ1v) is 9.78. The zero-order chi connectivity index (χ0) is 21.3. The number of carbonyl (C=O) groups excluding carboxylic acids is 1. The molecule has 1 aromatic heterocycles. The van der Waals surface area contributed by atoms with Gasteiger partial charge in [0.25, 0.3) is 5.89 Å². The van der Waals surface area contributed by atoms with Crippen molar-refractivity contribution in [3.8, 4) is 28.6 Å². The summed E-state index contributed by atoms with van der Waals surface area (Å²) in [6.45, 7) is 12.7. The van der Waals surface area contributed by atoms with Crippen molar-refractivity contribution in [2.24, 2.45) is 0 Å².